The van der Waals surface area contributed by atoms with Gasteiger partial charge in [-0.3, -0.25) is 9.69 Å². The average Bonchev–Trinajstić information content (AvgIpc) is 3.39. The van der Waals surface area contributed by atoms with Crippen LogP contribution in [0.2, 0.25) is 0 Å². The third kappa shape index (κ3) is 4.50. The van der Waals surface area contributed by atoms with Crippen molar-refractivity contribution in [1.82, 2.24) is 9.88 Å². The lowest BCUT2D eigenvalue weighted by atomic mass is 10.1. The van der Waals surface area contributed by atoms with Crippen molar-refractivity contribution < 1.29 is 14.3 Å². The van der Waals surface area contributed by atoms with Crippen molar-refractivity contribution >= 4 is 29.4 Å². The monoisotopic (exact) mass is 455 g/mol. The smallest absolute Gasteiger partial charge is 0.321 e. The van der Waals surface area contributed by atoms with Crippen LogP contribution >= 0.6 is 0 Å². The summed E-state index contributed by atoms with van der Waals surface area (Å²) in [4.78, 5) is 26.2. The predicted molar refractivity (Wildman–Crippen MR) is 131 cm³/mol. The maximum Gasteiger partial charge on any atom is 0.321 e. The number of carbonyl (C=O) groups excluding carboxylic acids is 2. The van der Waals surface area contributed by atoms with Crippen molar-refractivity contribution in [3.8, 4) is 17.5 Å². The van der Waals surface area contributed by atoms with Gasteiger partial charge in [0.15, 0.2) is 0 Å². The van der Waals surface area contributed by atoms with Crippen LogP contribution in [0.25, 0.3) is 11.8 Å². The highest BCUT2D eigenvalue weighted by Gasteiger charge is 2.21. The van der Waals surface area contributed by atoms with E-state index in [0.29, 0.717) is 18.8 Å². The van der Waals surface area contributed by atoms with Gasteiger partial charge in [0.2, 0.25) is 0 Å². The molecule has 1 aliphatic rings. The molecule has 172 valence electrons. The fourth-order valence-electron chi connectivity index (χ4n) is 4.01. The van der Waals surface area contributed by atoms with Gasteiger partial charge in [-0.15, -0.1) is 0 Å². The molecule has 0 unspecified atom stereocenters. The average molecular weight is 456 g/mol. The number of methoxy groups -OCH3 is 1. The number of amides is 3. The highest BCUT2D eigenvalue weighted by molar-refractivity contribution is 6.09. The summed E-state index contributed by atoms with van der Waals surface area (Å²) in [6, 6.07) is 18.5. The van der Waals surface area contributed by atoms with Crippen molar-refractivity contribution in [3.05, 3.63) is 77.1 Å². The third-order valence-electron chi connectivity index (χ3n) is 5.76. The first-order valence-electron chi connectivity index (χ1n) is 10.8. The summed E-state index contributed by atoms with van der Waals surface area (Å²) in [5.41, 5.74) is 4.93. The molecule has 3 amide bonds. The van der Waals surface area contributed by atoms with Crippen molar-refractivity contribution in [2.45, 2.75) is 13.8 Å². The first-order chi connectivity index (χ1) is 16.4. The first kappa shape index (κ1) is 22.7. The van der Waals surface area contributed by atoms with Crippen LogP contribution in [0, 0.1) is 25.2 Å². The Balaban J connectivity index is 1.53. The Bertz CT molecular complexity index is 1300. The first-order valence-corrected chi connectivity index (χ1v) is 10.8. The molecular formula is C26H25N5O3. The normalized spacial score (nSPS) is 13.4. The Morgan fingerprint density at radius 2 is 1.79 bits per heavy atom. The fraction of sp³-hybridized carbons (Fsp3) is 0.192. The highest BCUT2D eigenvalue weighted by Crippen LogP contribution is 2.25. The number of nitrogens with zero attached hydrogens (tertiary/aromatic N) is 3. The van der Waals surface area contributed by atoms with E-state index >= 15 is 0 Å². The largest absolute Gasteiger partial charge is 0.497 e. The molecule has 1 aromatic heterocycles. The van der Waals surface area contributed by atoms with E-state index in [1.165, 1.54) is 0 Å². The van der Waals surface area contributed by atoms with E-state index in [4.69, 9.17) is 4.74 Å². The number of ether oxygens (including phenoxy) is 1. The van der Waals surface area contributed by atoms with E-state index in [1.807, 2.05) is 50.2 Å². The van der Waals surface area contributed by atoms with Crippen LogP contribution < -0.4 is 20.3 Å². The zero-order chi connectivity index (χ0) is 24.2. The van der Waals surface area contributed by atoms with E-state index in [-0.39, 0.29) is 11.6 Å². The quantitative estimate of drug-likeness (QED) is 0.430. The number of hydrogen-bond donors (Lipinski definition) is 2. The predicted octanol–water partition coefficient (Wildman–Crippen LogP) is 4.18. The number of urea groups is 1. The summed E-state index contributed by atoms with van der Waals surface area (Å²) in [7, 11) is 1.62. The van der Waals surface area contributed by atoms with Crippen molar-refractivity contribution in [2.24, 2.45) is 0 Å². The molecule has 3 aromatic rings. The third-order valence-corrected chi connectivity index (χ3v) is 5.76. The minimum atomic E-state index is -0.497. The Morgan fingerprint density at radius 1 is 1.12 bits per heavy atom. The molecule has 34 heavy (non-hydrogen) atoms. The van der Waals surface area contributed by atoms with Gasteiger partial charge in [0, 0.05) is 41.5 Å². The van der Waals surface area contributed by atoms with Gasteiger partial charge in [0.25, 0.3) is 5.91 Å². The molecule has 4 rings (SSSR count). The van der Waals surface area contributed by atoms with E-state index in [9.17, 15) is 14.9 Å². The van der Waals surface area contributed by atoms with Gasteiger partial charge in [0.05, 0.1) is 7.11 Å². The molecule has 0 radical (unpaired) electrons. The number of aromatic nitrogens is 1. The van der Waals surface area contributed by atoms with Crippen molar-refractivity contribution in [1.29, 1.82) is 5.26 Å². The summed E-state index contributed by atoms with van der Waals surface area (Å²) in [5, 5.41) is 15.2. The fourth-order valence-corrected chi connectivity index (χ4v) is 4.01. The molecule has 0 spiro atoms. The Labute approximate surface area is 198 Å². The number of aryl methyl sites for hydroxylation is 1. The lowest BCUT2D eigenvalue weighted by Gasteiger charge is -2.14. The molecule has 2 heterocycles. The van der Waals surface area contributed by atoms with Crippen LogP contribution in [-0.2, 0) is 4.79 Å². The van der Waals surface area contributed by atoms with Crippen molar-refractivity contribution in [3.63, 3.8) is 0 Å². The van der Waals surface area contributed by atoms with Gasteiger partial charge in [-0.2, -0.15) is 5.26 Å². The summed E-state index contributed by atoms with van der Waals surface area (Å²) in [5.74, 6) is 0.273. The van der Waals surface area contributed by atoms with Gasteiger partial charge in [0.1, 0.15) is 17.4 Å². The molecule has 2 N–H and O–H groups in total. The van der Waals surface area contributed by atoms with Crippen LogP contribution in [0.1, 0.15) is 17.0 Å². The summed E-state index contributed by atoms with van der Waals surface area (Å²) < 4.78 is 7.29. The highest BCUT2D eigenvalue weighted by atomic mass is 16.5. The van der Waals surface area contributed by atoms with Gasteiger partial charge in [-0.1, -0.05) is 0 Å². The second-order valence-electron chi connectivity index (χ2n) is 7.91. The maximum absolute atomic E-state index is 12.8. The minimum Gasteiger partial charge on any atom is -0.497 e. The van der Waals surface area contributed by atoms with Crippen molar-refractivity contribution in [2.75, 3.05) is 30.4 Å². The maximum atomic E-state index is 12.8. The second-order valence-corrected chi connectivity index (χ2v) is 7.91. The van der Waals surface area contributed by atoms with Crippen LogP contribution in [0.15, 0.2) is 60.2 Å². The summed E-state index contributed by atoms with van der Waals surface area (Å²) in [6.07, 6.45) is 1.60. The molecule has 8 nitrogen and oxygen atoms in total. The Kier molecular flexibility index (Phi) is 6.37. The number of hydrogen-bond acceptors (Lipinski definition) is 4. The number of carbonyl (C=O) groups is 2. The topological polar surface area (TPSA) is 99.4 Å². The van der Waals surface area contributed by atoms with Gasteiger partial charge >= 0.3 is 6.03 Å². The van der Waals surface area contributed by atoms with Gasteiger partial charge < -0.3 is 19.9 Å². The van der Waals surface area contributed by atoms with E-state index in [1.54, 1.807) is 42.4 Å². The zero-order valence-electron chi connectivity index (χ0n) is 19.3. The van der Waals surface area contributed by atoms with Crippen LogP contribution in [0.3, 0.4) is 0 Å². The van der Waals surface area contributed by atoms with Crippen LogP contribution in [0.4, 0.5) is 16.2 Å². The lowest BCUT2D eigenvalue weighted by molar-refractivity contribution is -0.112. The molecule has 0 bridgehead atoms. The molecule has 8 heteroatoms. The second kappa shape index (κ2) is 9.55. The molecule has 0 aliphatic carbocycles. The standard InChI is InChI=1S/C26H25N5O3/c1-17-14-19(18(2)31(17)23-8-10-24(34-3)11-9-23)15-20(16-27)25(32)29-21-4-6-22(7-5-21)30-13-12-28-26(30)33/h4-11,14-15H,12-13H2,1-3H3,(H,28,33)(H,29,32)/b20-15+. The number of nitriles is 1. The van der Waals surface area contributed by atoms with Crippen LogP contribution in [-0.4, -0.2) is 36.7 Å². The molecule has 0 saturated carbocycles. The molecule has 0 atom stereocenters. The van der Waals surface area contributed by atoms with E-state index in [2.05, 4.69) is 15.2 Å². The molecular weight excluding hydrogens is 430 g/mol. The number of benzene rings is 2. The van der Waals surface area contributed by atoms with E-state index in [0.717, 1.165) is 34.1 Å². The number of nitrogens with one attached hydrogen (secondary N) is 2. The molecule has 1 aliphatic heterocycles. The Hall–Kier alpha value is -4.51. The van der Waals surface area contributed by atoms with Gasteiger partial charge in [-0.25, -0.2) is 4.79 Å². The van der Waals surface area contributed by atoms with Crippen LogP contribution in [0.5, 0.6) is 5.75 Å². The Morgan fingerprint density at radius 3 is 2.38 bits per heavy atom. The number of rotatable bonds is 6. The van der Waals surface area contributed by atoms with Gasteiger partial charge in [-0.05, 0) is 80.1 Å². The summed E-state index contributed by atoms with van der Waals surface area (Å²) in [6.45, 7) is 5.12. The minimum absolute atomic E-state index is 0.00187. The molecule has 1 fully saturated rings. The SMILES string of the molecule is COc1ccc(-n2c(C)cc(/C=C(\C#N)C(=O)Nc3ccc(N4CCNC4=O)cc3)c2C)cc1. The zero-order valence-corrected chi connectivity index (χ0v) is 19.3. The number of anilines is 2. The van der Waals surface area contributed by atoms with E-state index < -0.39 is 5.91 Å². The lowest BCUT2D eigenvalue weighted by Crippen LogP contribution is -2.27. The molecule has 1 saturated heterocycles. The molecule has 2 aromatic carbocycles. The summed E-state index contributed by atoms with van der Waals surface area (Å²) >= 11 is 0.